The number of amides is 8. The van der Waals surface area contributed by atoms with E-state index in [1.807, 2.05) is 0 Å². The minimum atomic E-state index is -2.15. The maximum Gasteiger partial charge on any atom is 0.319 e. The molecular weight excluding hydrogens is 961 g/mol. The average molecular weight is 1010 g/mol. The number of terminal acetylenes is 1. The molecule has 8 amide bonds. The van der Waals surface area contributed by atoms with Crippen molar-refractivity contribution in [3.63, 3.8) is 0 Å². The number of imide groups is 4. The van der Waals surface area contributed by atoms with Crippen molar-refractivity contribution in [3.05, 3.63) is 48.6 Å². The van der Waals surface area contributed by atoms with E-state index in [1.165, 1.54) is 0 Å². The molecule has 72 heavy (non-hydrogen) atoms. The van der Waals surface area contributed by atoms with Crippen LogP contribution in [-0.4, -0.2) is 181 Å². The molecule has 26 heteroatoms. The molecule has 384 valence electrons. The van der Waals surface area contributed by atoms with Crippen molar-refractivity contribution in [3.8, 4) is 12.3 Å². The van der Waals surface area contributed by atoms with Gasteiger partial charge in [-0.25, -0.2) is 0 Å². The smallest absolute Gasteiger partial charge is 0.319 e. The van der Waals surface area contributed by atoms with Crippen LogP contribution >= 0.6 is 0 Å². The fourth-order valence-corrected chi connectivity index (χ4v) is 6.22. The third-order valence-corrected chi connectivity index (χ3v) is 10.8. The predicted octanol–water partition coefficient (Wildman–Crippen LogP) is -2.30. The van der Waals surface area contributed by atoms with Crippen molar-refractivity contribution in [1.29, 1.82) is 0 Å². The molecule has 0 fully saturated rings. The van der Waals surface area contributed by atoms with Crippen molar-refractivity contribution in [2.75, 3.05) is 72.4 Å². The predicted molar refractivity (Wildman–Crippen MR) is 232 cm³/mol. The summed E-state index contributed by atoms with van der Waals surface area (Å²) in [6.07, 6.45) is 11.1. The summed E-state index contributed by atoms with van der Waals surface area (Å²) in [6.45, 7) is -4.36. The molecule has 4 heterocycles. The molecule has 26 nitrogen and oxygen atoms in total. The van der Waals surface area contributed by atoms with Gasteiger partial charge in [0.15, 0.2) is 6.61 Å². The Morgan fingerprint density at radius 1 is 0.375 bits per heavy atom. The van der Waals surface area contributed by atoms with E-state index < -0.39 is 203 Å². The first kappa shape index (κ1) is 56.0. The molecule has 0 aromatic heterocycles. The Balaban J connectivity index is 1.48. The molecule has 4 aliphatic rings. The van der Waals surface area contributed by atoms with E-state index in [-0.39, 0.29) is 0 Å². The maximum absolute atomic E-state index is 13.9. The van der Waals surface area contributed by atoms with Crippen molar-refractivity contribution in [2.24, 2.45) is 16.2 Å². The minimum Gasteiger partial charge on any atom is -0.464 e. The molecule has 0 spiro atoms. The van der Waals surface area contributed by atoms with Gasteiger partial charge in [0, 0.05) is 74.8 Å². The molecule has 0 aromatic carbocycles. The highest BCUT2D eigenvalue weighted by Crippen LogP contribution is 2.28. The number of esters is 7. The molecule has 0 saturated heterocycles. The standard InChI is InChI=1S/C46H48N4O22/c1-5-22-66-41(63)46(4,27-71-42(64)44(2,23-67-37(59)14-18-47-29(51)6-7-30(47)52)24-68-38(60)15-19-48-31(53)8-9-32(48)54)28-72-43(65)45(3,25-69-39(61)16-20-49-33(55)10-11-34(49)56)26-70-40(62)17-21-50-35(57)12-13-36(50)58/h1,6-13H,14-28H2,2-4H3. The van der Waals surface area contributed by atoms with Gasteiger partial charge >= 0.3 is 41.8 Å². The molecule has 0 N–H and O–H groups in total. The monoisotopic (exact) mass is 1010 g/mol. The Hall–Kier alpha value is -8.63. The van der Waals surface area contributed by atoms with Crippen LogP contribution in [0.4, 0.5) is 0 Å². The molecule has 0 unspecified atom stereocenters. The summed E-state index contributed by atoms with van der Waals surface area (Å²) < 4.78 is 37.1. The van der Waals surface area contributed by atoms with Crippen molar-refractivity contribution >= 4 is 89.0 Å². The third-order valence-electron chi connectivity index (χ3n) is 10.8. The Bertz CT molecular complexity index is 2130. The van der Waals surface area contributed by atoms with Crippen LogP contribution in [0.5, 0.6) is 0 Å². The van der Waals surface area contributed by atoms with Crippen LogP contribution in [0.2, 0.25) is 0 Å². The van der Waals surface area contributed by atoms with E-state index >= 15 is 0 Å². The Kier molecular flexibility index (Phi) is 19.3. The number of hydrogen-bond donors (Lipinski definition) is 0. The van der Waals surface area contributed by atoms with Crippen molar-refractivity contribution < 1.29 is 105 Å². The zero-order valence-corrected chi connectivity index (χ0v) is 39.1. The molecule has 0 saturated carbocycles. The molecule has 0 radical (unpaired) electrons. The second kappa shape index (κ2) is 24.8. The number of ether oxygens (including phenoxy) is 7. The van der Waals surface area contributed by atoms with Gasteiger partial charge in [0.05, 0.1) is 25.7 Å². The van der Waals surface area contributed by atoms with Crippen LogP contribution in [-0.2, 0) is 105 Å². The molecule has 0 atom stereocenters. The first-order valence-electron chi connectivity index (χ1n) is 21.6. The summed E-state index contributed by atoms with van der Waals surface area (Å²) >= 11 is 0. The zero-order valence-electron chi connectivity index (χ0n) is 39.1. The largest absolute Gasteiger partial charge is 0.464 e. The SMILES string of the molecule is C#CCOC(=O)C(C)(COC(=O)C(C)(COC(=O)CCN1C(=O)C=CC1=O)COC(=O)CCN1C(=O)C=CC1=O)COC(=O)C(C)(COC(=O)CCN1C(=O)C=CC1=O)COC(=O)CCN1C(=O)C=CC1=O. The van der Waals surface area contributed by atoms with E-state index in [1.54, 1.807) is 0 Å². The van der Waals surface area contributed by atoms with Gasteiger partial charge in [0.1, 0.15) is 55.9 Å². The van der Waals surface area contributed by atoms with Gasteiger partial charge < -0.3 is 33.2 Å². The van der Waals surface area contributed by atoms with E-state index in [9.17, 15) is 71.9 Å². The first-order chi connectivity index (χ1) is 33.9. The summed E-state index contributed by atoms with van der Waals surface area (Å²) in [4.78, 5) is 191. The van der Waals surface area contributed by atoms with Crippen LogP contribution in [0.25, 0.3) is 0 Å². The molecule has 0 aromatic rings. The zero-order chi connectivity index (χ0) is 53.4. The summed E-state index contributed by atoms with van der Waals surface area (Å²) in [5.74, 6) is -11.3. The van der Waals surface area contributed by atoms with Crippen molar-refractivity contribution in [2.45, 2.75) is 46.5 Å². The second-order valence-electron chi connectivity index (χ2n) is 16.9. The Morgan fingerprint density at radius 3 is 0.778 bits per heavy atom. The number of carbonyl (C=O) groups is 15. The Labute approximate surface area is 409 Å². The van der Waals surface area contributed by atoms with Crippen LogP contribution in [0, 0.1) is 28.6 Å². The van der Waals surface area contributed by atoms with Crippen LogP contribution in [0.3, 0.4) is 0 Å². The quantitative estimate of drug-likeness (QED) is 0.0344. The summed E-state index contributed by atoms with van der Waals surface area (Å²) in [5, 5.41) is 0. The normalized spacial score (nSPS) is 15.4. The van der Waals surface area contributed by atoms with E-state index in [0.29, 0.717) is 0 Å². The van der Waals surface area contributed by atoms with E-state index in [4.69, 9.17) is 39.6 Å². The van der Waals surface area contributed by atoms with Gasteiger partial charge in [-0.05, 0) is 20.8 Å². The fourth-order valence-electron chi connectivity index (χ4n) is 6.22. The van der Waals surface area contributed by atoms with Gasteiger partial charge in [-0.2, -0.15) is 0 Å². The highest BCUT2D eigenvalue weighted by atomic mass is 16.6. The molecule has 0 bridgehead atoms. The van der Waals surface area contributed by atoms with E-state index in [0.717, 1.165) is 89.0 Å². The minimum absolute atomic E-state index is 0.398. The van der Waals surface area contributed by atoms with Crippen LogP contribution in [0.1, 0.15) is 46.5 Å². The first-order valence-corrected chi connectivity index (χ1v) is 21.6. The third kappa shape index (κ3) is 15.2. The molecule has 0 aliphatic carbocycles. The van der Waals surface area contributed by atoms with E-state index in [2.05, 4.69) is 5.92 Å². The lowest BCUT2D eigenvalue weighted by Crippen LogP contribution is -2.47. The Morgan fingerprint density at radius 2 is 0.569 bits per heavy atom. The highest BCUT2D eigenvalue weighted by molar-refractivity contribution is 6.14. The molecule has 4 rings (SSSR count). The number of nitrogens with zero attached hydrogens (tertiary/aromatic N) is 4. The van der Waals surface area contributed by atoms with Gasteiger partial charge in [0.25, 0.3) is 47.3 Å². The van der Waals surface area contributed by atoms with Crippen LogP contribution < -0.4 is 0 Å². The van der Waals surface area contributed by atoms with Crippen molar-refractivity contribution in [1.82, 2.24) is 19.6 Å². The van der Waals surface area contributed by atoms with Gasteiger partial charge in [0.2, 0.25) is 0 Å². The molecular formula is C46H48N4O22. The second-order valence-corrected chi connectivity index (χ2v) is 16.9. The number of rotatable bonds is 28. The fraction of sp³-hybridized carbons (Fsp3) is 0.457. The highest BCUT2D eigenvalue weighted by Gasteiger charge is 2.46. The summed E-state index contributed by atoms with van der Waals surface area (Å²) in [6, 6.07) is 0. The van der Waals surface area contributed by atoms with Crippen LogP contribution in [0.15, 0.2) is 48.6 Å². The summed E-state index contributed by atoms with van der Waals surface area (Å²) in [7, 11) is 0. The maximum atomic E-state index is 13.9. The number of hydrogen-bond acceptors (Lipinski definition) is 22. The topological polar surface area (TPSA) is 334 Å². The lowest BCUT2D eigenvalue weighted by molar-refractivity contribution is -0.181. The van der Waals surface area contributed by atoms with Gasteiger partial charge in [-0.1, -0.05) is 5.92 Å². The van der Waals surface area contributed by atoms with Gasteiger partial charge in [-0.15, -0.1) is 6.42 Å². The molecule has 4 aliphatic heterocycles. The summed E-state index contributed by atoms with van der Waals surface area (Å²) in [5.41, 5.74) is -6.35. The van der Waals surface area contributed by atoms with Gasteiger partial charge in [-0.3, -0.25) is 91.5 Å². The number of carbonyl (C=O) groups excluding carboxylic acids is 15. The lowest BCUT2D eigenvalue weighted by Gasteiger charge is -2.32. The lowest BCUT2D eigenvalue weighted by atomic mass is 9.90. The average Bonchev–Trinajstić information content (AvgIpc) is 4.07.